The molecule has 1 amide bonds. The Bertz CT molecular complexity index is 1110. The van der Waals surface area contributed by atoms with E-state index in [-0.39, 0.29) is 24.7 Å². The molecule has 2 heterocycles. The lowest BCUT2D eigenvalue weighted by atomic mass is 10.1. The number of hydrogen-bond acceptors (Lipinski definition) is 7. The molecule has 0 atom stereocenters. The maximum Gasteiger partial charge on any atom is 0.416 e. The number of nitrogens with zero attached hydrogens (tertiary/aromatic N) is 5. The third-order valence-electron chi connectivity index (χ3n) is 3.99. The molecule has 30 heavy (non-hydrogen) atoms. The molecule has 154 valence electrons. The minimum absolute atomic E-state index is 0.0299. The van der Waals surface area contributed by atoms with Crippen LogP contribution in [0.1, 0.15) is 11.1 Å². The molecule has 1 aliphatic rings. The van der Waals surface area contributed by atoms with E-state index in [2.05, 4.69) is 25.9 Å². The van der Waals surface area contributed by atoms with Crippen LogP contribution in [0, 0.1) is 0 Å². The Morgan fingerprint density at radius 3 is 2.87 bits per heavy atom. The summed E-state index contributed by atoms with van der Waals surface area (Å²) in [5.41, 5.74) is 2.30. The fourth-order valence-corrected chi connectivity index (χ4v) is 2.60. The summed E-state index contributed by atoms with van der Waals surface area (Å²) in [4.78, 5) is 12.9. The van der Waals surface area contributed by atoms with E-state index in [1.807, 2.05) is 0 Å². The quantitative estimate of drug-likeness (QED) is 0.504. The Labute approximate surface area is 167 Å². The monoisotopic (exact) mass is 418 g/mol. The van der Waals surface area contributed by atoms with Crippen LogP contribution in [-0.4, -0.2) is 39.1 Å². The van der Waals surface area contributed by atoms with Crippen molar-refractivity contribution in [1.82, 2.24) is 25.6 Å². The molecule has 0 radical (unpaired) electrons. The van der Waals surface area contributed by atoms with Crippen LogP contribution in [0.3, 0.4) is 0 Å². The summed E-state index contributed by atoms with van der Waals surface area (Å²) in [5, 5.41) is 15.1. The Kier molecular flexibility index (Phi) is 5.04. The van der Waals surface area contributed by atoms with Crippen molar-refractivity contribution < 1.29 is 27.4 Å². The van der Waals surface area contributed by atoms with E-state index in [0.717, 1.165) is 16.9 Å². The highest BCUT2D eigenvalue weighted by Crippen LogP contribution is 2.32. The zero-order valence-corrected chi connectivity index (χ0v) is 15.1. The molecule has 0 fully saturated rings. The van der Waals surface area contributed by atoms with E-state index >= 15 is 0 Å². The normalized spacial score (nSPS) is 13.0. The Balaban J connectivity index is 1.36. The molecule has 0 saturated carbocycles. The number of hydrogen-bond donors (Lipinski definition) is 1. The van der Waals surface area contributed by atoms with Gasteiger partial charge in [0.2, 0.25) is 12.6 Å². The van der Waals surface area contributed by atoms with Crippen LogP contribution in [0.4, 0.5) is 13.2 Å². The molecule has 2 aromatic carbocycles. The van der Waals surface area contributed by atoms with Crippen molar-refractivity contribution in [2.45, 2.75) is 12.7 Å². The first kappa shape index (κ1) is 19.4. The summed E-state index contributed by atoms with van der Waals surface area (Å²) >= 11 is 0. The van der Waals surface area contributed by atoms with Gasteiger partial charge in [-0.15, -0.1) is 10.2 Å². The van der Waals surface area contributed by atoms with Crippen molar-refractivity contribution in [3.63, 3.8) is 0 Å². The number of hydrazone groups is 1. The highest BCUT2D eigenvalue weighted by molar-refractivity contribution is 5.83. The standard InChI is InChI=1S/C18H13F3N6O3/c19-18(20,21)13-3-1-2-12(7-13)17-24-26-27(25-17)9-16(28)23-22-8-11-4-5-14-15(6-11)30-10-29-14/h1-8H,9-10H2,(H,23,28)/b22-8+. The third kappa shape index (κ3) is 4.37. The molecule has 0 spiro atoms. The van der Waals surface area contributed by atoms with Gasteiger partial charge >= 0.3 is 6.18 Å². The van der Waals surface area contributed by atoms with Gasteiger partial charge in [-0.3, -0.25) is 4.79 Å². The van der Waals surface area contributed by atoms with Gasteiger partial charge in [-0.1, -0.05) is 12.1 Å². The molecule has 9 nitrogen and oxygen atoms in total. The average Bonchev–Trinajstić information content (AvgIpc) is 3.36. The average molecular weight is 418 g/mol. The van der Waals surface area contributed by atoms with Gasteiger partial charge in [0, 0.05) is 5.56 Å². The van der Waals surface area contributed by atoms with E-state index in [9.17, 15) is 18.0 Å². The van der Waals surface area contributed by atoms with Crippen molar-refractivity contribution in [2.24, 2.45) is 5.10 Å². The van der Waals surface area contributed by atoms with Crippen molar-refractivity contribution in [2.75, 3.05) is 6.79 Å². The number of alkyl halides is 3. The second-order valence-corrected chi connectivity index (χ2v) is 6.13. The molecule has 4 rings (SSSR count). The fraction of sp³-hybridized carbons (Fsp3) is 0.167. The van der Waals surface area contributed by atoms with Gasteiger partial charge in [0.05, 0.1) is 11.8 Å². The molecule has 0 unspecified atom stereocenters. The lowest BCUT2D eigenvalue weighted by Crippen LogP contribution is -2.24. The Morgan fingerprint density at radius 1 is 1.20 bits per heavy atom. The summed E-state index contributed by atoms with van der Waals surface area (Å²) in [7, 11) is 0. The van der Waals surface area contributed by atoms with Crippen LogP contribution in [0.15, 0.2) is 47.6 Å². The van der Waals surface area contributed by atoms with Crippen molar-refractivity contribution >= 4 is 12.1 Å². The smallest absolute Gasteiger partial charge is 0.416 e. The number of aromatic nitrogens is 4. The van der Waals surface area contributed by atoms with Crippen LogP contribution in [0.2, 0.25) is 0 Å². The lowest BCUT2D eigenvalue weighted by molar-refractivity contribution is -0.137. The van der Waals surface area contributed by atoms with E-state index in [1.54, 1.807) is 18.2 Å². The summed E-state index contributed by atoms with van der Waals surface area (Å²) in [6.45, 7) is -0.162. The number of carbonyl (C=O) groups is 1. The molecule has 1 aromatic heterocycles. The fourth-order valence-electron chi connectivity index (χ4n) is 2.60. The predicted octanol–water partition coefficient (Wildman–Crippen LogP) is 2.24. The molecule has 1 N–H and O–H groups in total. The zero-order valence-electron chi connectivity index (χ0n) is 15.1. The second kappa shape index (κ2) is 7.81. The molecule has 12 heteroatoms. The molecule has 3 aromatic rings. The number of tetrazole rings is 1. The van der Waals surface area contributed by atoms with Crippen LogP contribution >= 0.6 is 0 Å². The molecule has 0 saturated heterocycles. The van der Waals surface area contributed by atoms with Gasteiger partial charge in [-0.05, 0) is 41.1 Å². The first-order valence-corrected chi connectivity index (χ1v) is 8.55. The van der Waals surface area contributed by atoms with Crippen molar-refractivity contribution in [1.29, 1.82) is 0 Å². The number of nitrogens with one attached hydrogen (secondary N) is 1. The topological polar surface area (TPSA) is 104 Å². The van der Waals surface area contributed by atoms with E-state index in [4.69, 9.17) is 9.47 Å². The third-order valence-corrected chi connectivity index (χ3v) is 3.99. The minimum Gasteiger partial charge on any atom is -0.454 e. The van der Waals surface area contributed by atoms with E-state index < -0.39 is 17.6 Å². The molecular weight excluding hydrogens is 405 g/mol. The SMILES string of the molecule is O=C(Cn1nnc(-c2cccc(C(F)(F)F)c2)n1)N/N=C/c1ccc2c(c1)OCO2. The van der Waals surface area contributed by atoms with Crippen LogP contribution in [-0.2, 0) is 17.5 Å². The van der Waals surface area contributed by atoms with Gasteiger partial charge < -0.3 is 9.47 Å². The predicted molar refractivity (Wildman–Crippen MR) is 96.6 cm³/mol. The van der Waals surface area contributed by atoms with Crippen LogP contribution in [0.25, 0.3) is 11.4 Å². The largest absolute Gasteiger partial charge is 0.454 e. The van der Waals surface area contributed by atoms with Crippen LogP contribution in [0.5, 0.6) is 11.5 Å². The number of benzene rings is 2. The zero-order chi connectivity index (χ0) is 21.1. The summed E-state index contributed by atoms with van der Waals surface area (Å²) in [6, 6.07) is 9.70. The maximum absolute atomic E-state index is 12.8. The molecular formula is C18H13F3N6O3. The van der Waals surface area contributed by atoms with E-state index in [1.165, 1.54) is 18.3 Å². The van der Waals surface area contributed by atoms with Gasteiger partial charge in [-0.2, -0.15) is 23.1 Å². The minimum atomic E-state index is -4.48. The number of amides is 1. The number of halogens is 3. The molecule has 0 aliphatic carbocycles. The van der Waals surface area contributed by atoms with Crippen molar-refractivity contribution in [3.05, 3.63) is 53.6 Å². The van der Waals surface area contributed by atoms with Gasteiger partial charge in [-0.25, -0.2) is 5.43 Å². The first-order valence-electron chi connectivity index (χ1n) is 8.55. The Hall–Kier alpha value is -3.96. The molecule has 1 aliphatic heterocycles. The van der Waals surface area contributed by atoms with E-state index in [0.29, 0.717) is 17.1 Å². The number of fused-ring (bicyclic) bond motifs is 1. The summed E-state index contributed by atoms with van der Waals surface area (Å²) in [6.07, 6.45) is -3.06. The number of rotatable bonds is 5. The first-order chi connectivity index (χ1) is 14.4. The van der Waals surface area contributed by atoms with Crippen molar-refractivity contribution in [3.8, 4) is 22.9 Å². The van der Waals surface area contributed by atoms with Gasteiger partial charge in [0.1, 0.15) is 6.54 Å². The number of carbonyl (C=O) groups excluding carboxylic acids is 1. The highest BCUT2D eigenvalue weighted by Gasteiger charge is 2.30. The summed E-state index contributed by atoms with van der Waals surface area (Å²) < 4.78 is 48.9. The number of ether oxygens (including phenoxy) is 2. The van der Waals surface area contributed by atoms with Gasteiger partial charge in [0.15, 0.2) is 11.5 Å². The lowest BCUT2D eigenvalue weighted by Gasteiger charge is -2.06. The second-order valence-electron chi connectivity index (χ2n) is 6.13. The highest BCUT2D eigenvalue weighted by atomic mass is 19.4. The summed E-state index contributed by atoms with van der Waals surface area (Å²) in [5.74, 6) is 0.641. The Morgan fingerprint density at radius 2 is 2.03 bits per heavy atom. The van der Waals surface area contributed by atoms with Crippen LogP contribution < -0.4 is 14.9 Å². The molecule has 0 bridgehead atoms. The maximum atomic E-state index is 12.8. The van der Waals surface area contributed by atoms with Gasteiger partial charge in [0.25, 0.3) is 5.91 Å².